The van der Waals surface area contributed by atoms with Crippen molar-refractivity contribution >= 4 is 5.65 Å². The van der Waals surface area contributed by atoms with Crippen LogP contribution in [0.1, 0.15) is 36.5 Å². The number of methoxy groups -OCH3 is 1. The SMILES string of the molecule is COc1ccc(Cn2cc(-c3nc4c(C#N)c[nH]n4c(=O)c3C(C)C)cn2)cc1. The van der Waals surface area contributed by atoms with Gasteiger partial charge in [-0.15, -0.1) is 0 Å². The van der Waals surface area contributed by atoms with Crippen molar-refractivity contribution < 1.29 is 4.74 Å². The topological polar surface area (TPSA) is 101 Å². The first-order chi connectivity index (χ1) is 14.0. The van der Waals surface area contributed by atoms with Gasteiger partial charge in [0.25, 0.3) is 5.56 Å². The van der Waals surface area contributed by atoms with Crippen LogP contribution in [-0.2, 0) is 6.54 Å². The minimum Gasteiger partial charge on any atom is -0.497 e. The smallest absolute Gasteiger partial charge is 0.276 e. The fraction of sp³-hybridized carbons (Fsp3) is 0.238. The number of hydrogen-bond acceptors (Lipinski definition) is 5. The molecule has 8 heteroatoms. The second-order valence-corrected chi connectivity index (χ2v) is 7.07. The van der Waals surface area contributed by atoms with Gasteiger partial charge >= 0.3 is 0 Å². The molecule has 0 fully saturated rings. The predicted octanol–water partition coefficient (Wildman–Crippen LogP) is 2.94. The van der Waals surface area contributed by atoms with Crippen molar-refractivity contribution in [3.05, 3.63) is 69.9 Å². The third kappa shape index (κ3) is 3.27. The van der Waals surface area contributed by atoms with Crippen LogP contribution in [0.25, 0.3) is 16.9 Å². The van der Waals surface area contributed by atoms with E-state index in [4.69, 9.17) is 4.74 Å². The summed E-state index contributed by atoms with van der Waals surface area (Å²) in [6.07, 6.45) is 5.06. The van der Waals surface area contributed by atoms with Crippen LogP contribution >= 0.6 is 0 Å². The van der Waals surface area contributed by atoms with E-state index in [-0.39, 0.29) is 11.5 Å². The Labute approximate surface area is 167 Å². The Morgan fingerprint density at radius 3 is 2.69 bits per heavy atom. The third-order valence-electron chi connectivity index (χ3n) is 4.81. The number of nitrogens with one attached hydrogen (secondary N) is 1. The summed E-state index contributed by atoms with van der Waals surface area (Å²) in [5.41, 5.74) is 3.39. The number of benzene rings is 1. The summed E-state index contributed by atoms with van der Waals surface area (Å²) in [4.78, 5) is 17.6. The van der Waals surface area contributed by atoms with E-state index in [1.165, 1.54) is 10.7 Å². The standard InChI is InChI=1S/C21H20N6O2/c1-13(2)18-19(25-20-15(8-22)9-24-27(20)21(18)28)16-10-23-26(12-16)11-14-4-6-17(29-3)7-5-14/h4-7,9-10,12-13,24H,11H2,1-3H3. The summed E-state index contributed by atoms with van der Waals surface area (Å²) in [6, 6.07) is 9.84. The zero-order chi connectivity index (χ0) is 20.5. The molecule has 0 aliphatic rings. The minimum absolute atomic E-state index is 0.0410. The lowest BCUT2D eigenvalue weighted by Gasteiger charge is -2.10. The highest BCUT2D eigenvalue weighted by molar-refractivity contribution is 5.67. The van der Waals surface area contributed by atoms with Crippen molar-refractivity contribution in [2.75, 3.05) is 7.11 Å². The average Bonchev–Trinajstić information content (AvgIpc) is 3.35. The van der Waals surface area contributed by atoms with E-state index >= 15 is 0 Å². The maximum Gasteiger partial charge on any atom is 0.276 e. The van der Waals surface area contributed by atoms with Gasteiger partial charge in [-0.05, 0) is 23.6 Å². The molecular weight excluding hydrogens is 368 g/mol. The first kappa shape index (κ1) is 18.5. The molecule has 0 amide bonds. The largest absolute Gasteiger partial charge is 0.497 e. The lowest BCUT2D eigenvalue weighted by atomic mass is 10.00. The number of aromatic amines is 1. The van der Waals surface area contributed by atoms with Gasteiger partial charge < -0.3 is 4.74 Å². The molecule has 8 nitrogen and oxygen atoms in total. The second-order valence-electron chi connectivity index (χ2n) is 7.07. The van der Waals surface area contributed by atoms with Crippen molar-refractivity contribution in [3.63, 3.8) is 0 Å². The Morgan fingerprint density at radius 2 is 2.03 bits per heavy atom. The number of nitriles is 1. The summed E-state index contributed by atoms with van der Waals surface area (Å²) in [7, 11) is 1.63. The van der Waals surface area contributed by atoms with Gasteiger partial charge in [0.05, 0.1) is 25.5 Å². The molecule has 4 rings (SSSR count). The van der Waals surface area contributed by atoms with Crippen LogP contribution < -0.4 is 10.3 Å². The van der Waals surface area contributed by atoms with Gasteiger partial charge in [0, 0.05) is 23.5 Å². The summed E-state index contributed by atoms with van der Waals surface area (Å²) >= 11 is 0. The van der Waals surface area contributed by atoms with Gasteiger partial charge in [0.2, 0.25) is 0 Å². The Balaban J connectivity index is 1.77. The number of fused-ring (bicyclic) bond motifs is 1. The van der Waals surface area contributed by atoms with Crippen LogP contribution in [0.3, 0.4) is 0 Å². The molecule has 146 valence electrons. The molecule has 0 bridgehead atoms. The number of H-pyrrole nitrogens is 1. The molecule has 3 heterocycles. The quantitative estimate of drug-likeness (QED) is 0.566. The summed E-state index contributed by atoms with van der Waals surface area (Å²) in [5, 5.41) is 16.6. The predicted molar refractivity (Wildman–Crippen MR) is 108 cm³/mol. The Hall–Kier alpha value is -3.86. The highest BCUT2D eigenvalue weighted by Gasteiger charge is 2.20. The minimum atomic E-state index is -0.204. The third-order valence-corrected chi connectivity index (χ3v) is 4.81. The molecule has 0 aliphatic carbocycles. The Kier molecular flexibility index (Phi) is 4.64. The number of nitrogens with zero attached hydrogens (tertiary/aromatic N) is 5. The van der Waals surface area contributed by atoms with Crippen molar-refractivity contribution in [2.24, 2.45) is 0 Å². The maximum absolute atomic E-state index is 13.0. The zero-order valence-corrected chi connectivity index (χ0v) is 16.4. The van der Waals surface area contributed by atoms with Gasteiger partial charge in [-0.2, -0.15) is 10.4 Å². The molecular formula is C21H20N6O2. The molecule has 0 saturated heterocycles. The van der Waals surface area contributed by atoms with E-state index in [0.29, 0.717) is 29.0 Å². The highest BCUT2D eigenvalue weighted by Crippen LogP contribution is 2.26. The summed E-state index contributed by atoms with van der Waals surface area (Å²) in [5.74, 6) is 0.759. The fourth-order valence-corrected chi connectivity index (χ4v) is 3.34. The lowest BCUT2D eigenvalue weighted by molar-refractivity contribution is 0.414. The van der Waals surface area contributed by atoms with Crippen molar-refractivity contribution in [1.29, 1.82) is 5.26 Å². The Morgan fingerprint density at radius 1 is 1.28 bits per heavy atom. The van der Waals surface area contributed by atoms with Crippen LogP contribution in [0.15, 0.2) is 47.7 Å². The fourth-order valence-electron chi connectivity index (χ4n) is 3.34. The molecule has 0 saturated carbocycles. The van der Waals surface area contributed by atoms with Crippen LogP contribution in [0.5, 0.6) is 5.75 Å². The normalized spacial score (nSPS) is 11.1. The molecule has 4 aromatic rings. The molecule has 0 aliphatic heterocycles. The number of ether oxygens (including phenoxy) is 1. The second kappa shape index (κ2) is 7.28. The van der Waals surface area contributed by atoms with E-state index in [2.05, 4.69) is 21.3 Å². The molecule has 0 atom stereocenters. The highest BCUT2D eigenvalue weighted by atomic mass is 16.5. The van der Waals surface area contributed by atoms with E-state index in [1.54, 1.807) is 18.0 Å². The van der Waals surface area contributed by atoms with Crippen molar-refractivity contribution in [2.45, 2.75) is 26.3 Å². The summed E-state index contributed by atoms with van der Waals surface area (Å²) < 4.78 is 8.31. The van der Waals surface area contributed by atoms with Gasteiger partial charge in [0.15, 0.2) is 5.65 Å². The lowest BCUT2D eigenvalue weighted by Crippen LogP contribution is -2.22. The first-order valence-electron chi connectivity index (χ1n) is 9.21. The summed E-state index contributed by atoms with van der Waals surface area (Å²) in [6.45, 7) is 4.48. The molecule has 1 aromatic carbocycles. The van der Waals surface area contributed by atoms with Gasteiger partial charge in [0.1, 0.15) is 17.4 Å². The van der Waals surface area contributed by atoms with Crippen LogP contribution in [0, 0.1) is 11.3 Å². The van der Waals surface area contributed by atoms with Gasteiger partial charge in [-0.3, -0.25) is 14.6 Å². The molecule has 0 unspecified atom stereocenters. The van der Waals surface area contributed by atoms with Crippen molar-refractivity contribution in [3.8, 4) is 23.1 Å². The average molecular weight is 388 g/mol. The van der Waals surface area contributed by atoms with Crippen LogP contribution in [0.2, 0.25) is 0 Å². The molecule has 3 aromatic heterocycles. The molecule has 0 spiro atoms. The van der Waals surface area contributed by atoms with Crippen LogP contribution in [-0.4, -0.2) is 31.5 Å². The number of hydrogen-bond donors (Lipinski definition) is 1. The van der Waals surface area contributed by atoms with Gasteiger partial charge in [-0.25, -0.2) is 9.50 Å². The van der Waals surface area contributed by atoms with E-state index in [1.807, 2.05) is 44.3 Å². The molecule has 29 heavy (non-hydrogen) atoms. The number of rotatable bonds is 5. The maximum atomic E-state index is 13.0. The monoisotopic (exact) mass is 388 g/mol. The van der Waals surface area contributed by atoms with E-state index in [0.717, 1.165) is 16.9 Å². The molecule has 1 N–H and O–H groups in total. The van der Waals surface area contributed by atoms with Crippen LogP contribution in [0.4, 0.5) is 0 Å². The Bertz CT molecular complexity index is 1270. The van der Waals surface area contributed by atoms with E-state index < -0.39 is 0 Å². The van der Waals surface area contributed by atoms with Crippen molar-refractivity contribution in [1.82, 2.24) is 24.4 Å². The number of aromatic nitrogens is 5. The zero-order valence-electron chi connectivity index (χ0n) is 16.4. The first-order valence-corrected chi connectivity index (χ1v) is 9.21. The van der Waals surface area contributed by atoms with E-state index in [9.17, 15) is 10.1 Å². The molecule has 0 radical (unpaired) electrons. The van der Waals surface area contributed by atoms with Gasteiger partial charge in [-0.1, -0.05) is 26.0 Å².